The number of nitrogens with one attached hydrogen (secondary N) is 1. The lowest BCUT2D eigenvalue weighted by Gasteiger charge is -2.05. The number of rotatable bonds is 6. The highest BCUT2D eigenvalue weighted by atomic mass is 16.4. The van der Waals surface area contributed by atoms with Gasteiger partial charge in [0.05, 0.1) is 0 Å². The molecule has 0 saturated heterocycles. The summed E-state index contributed by atoms with van der Waals surface area (Å²) in [6.07, 6.45) is -0.0523. The van der Waals surface area contributed by atoms with E-state index in [0.29, 0.717) is 0 Å². The molecule has 1 unspecified atom stereocenters. The Morgan fingerprint density at radius 3 is 1.85 bits per heavy atom. The summed E-state index contributed by atoms with van der Waals surface area (Å²) in [6, 6.07) is 8.26. The van der Waals surface area contributed by atoms with Gasteiger partial charge in [-0.2, -0.15) is 0 Å². The first-order valence-corrected chi connectivity index (χ1v) is 6.01. The third kappa shape index (κ3) is 4.97. The standard InChI is InChI=1S/C7H11NO5.C6H5N/c8-6(11)4(7(12)13)2-1-3-5(9)10;1-2-6-4-3-5(1)7-6/h4H,1-3H2,(H2,8,11)(H,9,10)(H,12,13);1-4,7H. The van der Waals surface area contributed by atoms with Crippen LogP contribution in [0.5, 0.6) is 0 Å². The Labute approximate surface area is 114 Å². The van der Waals surface area contributed by atoms with E-state index in [9.17, 15) is 14.4 Å². The van der Waals surface area contributed by atoms with Crippen LogP contribution in [0.2, 0.25) is 0 Å². The number of benzene rings is 1. The van der Waals surface area contributed by atoms with Gasteiger partial charge in [0.1, 0.15) is 5.92 Å². The van der Waals surface area contributed by atoms with E-state index in [-0.39, 0.29) is 19.3 Å². The van der Waals surface area contributed by atoms with E-state index in [2.05, 4.69) is 29.2 Å². The average molecular weight is 280 g/mol. The third-order valence-corrected chi connectivity index (χ3v) is 2.70. The molecule has 0 aliphatic rings. The minimum absolute atomic E-state index is 0.0308. The summed E-state index contributed by atoms with van der Waals surface area (Å²) in [5.41, 5.74) is 7.22. The second kappa shape index (κ2) is 7.13. The summed E-state index contributed by atoms with van der Waals surface area (Å²) < 4.78 is 0. The van der Waals surface area contributed by atoms with Crippen LogP contribution in [0.25, 0.3) is 11.0 Å². The molecule has 1 atom stereocenters. The maximum Gasteiger partial charge on any atom is 0.316 e. The van der Waals surface area contributed by atoms with Gasteiger partial charge < -0.3 is 20.9 Å². The van der Waals surface area contributed by atoms with Crippen LogP contribution in [0, 0.1) is 5.92 Å². The Hall–Kier alpha value is -2.57. The van der Waals surface area contributed by atoms with Gasteiger partial charge in [0, 0.05) is 17.5 Å². The van der Waals surface area contributed by atoms with E-state index in [4.69, 9.17) is 15.9 Å². The maximum absolute atomic E-state index is 10.5. The Morgan fingerprint density at radius 2 is 1.60 bits per heavy atom. The van der Waals surface area contributed by atoms with Gasteiger partial charge >= 0.3 is 11.9 Å². The van der Waals surface area contributed by atoms with Gasteiger partial charge in [0.25, 0.3) is 0 Å². The number of fused-ring (bicyclic) bond motifs is 2. The molecule has 7 nitrogen and oxygen atoms in total. The predicted molar refractivity (Wildman–Crippen MR) is 71.3 cm³/mol. The highest BCUT2D eigenvalue weighted by Crippen LogP contribution is 2.08. The van der Waals surface area contributed by atoms with E-state index in [1.165, 1.54) is 11.0 Å². The fraction of sp³-hybridized carbons (Fsp3) is 0.308. The number of carbonyl (C=O) groups is 3. The number of aromatic nitrogens is 1. The molecule has 0 aliphatic heterocycles. The van der Waals surface area contributed by atoms with E-state index < -0.39 is 23.8 Å². The number of primary amides is 1. The summed E-state index contributed by atoms with van der Waals surface area (Å²) >= 11 is 0. The monoisotopic (exact) mass is 280 g/mol. The molecule has 2 rings (SSSR count). The van der Waals surface area contributed by atoms with Crippen molar-refractivity contribution < 1.29 is 24.6 Å². The fourth-order valence-electron chi connectivity index (χ4n) is 1.65. The molecule has 0 fully saturated rings. The summed E-state index contributed by atoms with van der Waals surface area (Å²) in [7, 11) is 0. The van der Waals surface area contributed by atoms with Crippen LogP contribution in [0.3, 0.4) is 0 Å². The number of carboxylic acids is 2. The first kappa shape index (κ1) is 15.5. The molecule has 0 radical (unpaired) electrons. The fourth-order valence-corrected chi connectivity index (χ4v) is 1.65. The Balaban J connectivity index is 0.000000233. The molecule has 0 aliphatic carbocycles. The smallest absolute Gasteiger partial charge is 0.316 e. The SMILES string of the molecule is NC(=O)C(CCCC(=O)O)C(=O)O.c1cc2ccc1[nH]2. The number of hydrogen-bond donors (Lipinski definition) is 4. The van der Waals surface area contributed by atoms with E-state index in [0.717, 1.165) is 0 Å². The van der Waals surface area contributed by atoms with Crippen LogP contribution in [0.15, 0.2) is 24.3 Å². The van der Waals surface area contributed by atoms with Crippen molar-refractivity contribution in [2.75, 3.05) is 0 Å². The third-order valence-electron chi connectivity index (χ3n) is 2.70. The van der Waals surface area contributed by atoms with Crippen molar-refractivity contribution in [1.29, 1.82) is 0 Å². The largest absolute Gasteiger partial charge is 0.481 e. The topological polar surface area (TPSA) is 133 Å². The molecule has 1 amide bonds. The lowest BCUT2D eigenvalue weighted by molar-refractivity contribution is -0.147. The van der Waals surface area contributed by atoms with Gasteiger partial charge in [-0.05, 0) is 37.1 Å². The van der Waals surface area contributed by atoms with Crippen molar-refractivity contribution in [2.24, 2.45) is 11.7 Å². The zero-order valence-corrected chi connectivity index (χ0v) is 10.7. The minimum atomic E-state index is -1.31. The van der Waals surface area contributed by atoms with Crippen molar-refractivity contribution >= 4 is 28.9 Å². The number of aliphatic carboxylic acids is 2. The highest BCUT2D eigenvalue weighted by molar-refractivity contribution is 5.95. The molecule has 2 bridgehead atoms. The van der Waals surface area contributed by atoms with Crippen molar-refractivity contribution in [3.8, 4) is 0 Å². The van der Waals surface area contributed by atoms with Crippen LogP contribution in [0.4, 0.5) is 0 Å². The first-order valence-electron chi connectivity index (χ1n) is 6.01. The number of nitrogens with two attached hydrogens (primary N) is 1. The van der Waals surface area contributed by atoms with Crippen LogP contribution >= 0.6 is 0 Å². The molecule has 2 aromatic rings. The number of hydrogen-bond acceptors (Lipinski definition) is 3. The maximum atomic E-state index is 10.5. The molecule has 7 heteroatoms. The number of amides is 1. The van der Waals surface area contributed by atoms with Gasteiger partial charge in [-0.15, -0.1) is 0 Å². The molecule has 0 saturated carbocycles. The molecule has 108 valence electrons. The number of aromatic amines is 1. The summed E-state index contributed by atoms with van der Waals surface area (Å²) in [4.78, 5) is 34.1. The lowest BCUT2D eigenvalue weighted by atomic mass is 10.0. The molecule has 2 heterocycles. The quantitative estimate of drug-likeness (QED) is 0.586. The Morgan fingerprint density at radius 1 is 1.10 bits per heavy atom. The van der Waals surface area contributed by atoms with Gasteiger partial charge in [0.15, 0.2) is 0 Å². The second-order valence-corrected chi connectivity index (χ2v) is 4.28. The molecule has 0 aromatic carbocycles. The highest BCUT2D eigenvalue weighted by Gasteiger charge is 2.23. The average Bonchev–Trinajstić information content (AvgIpc) is 2.98. The summed E-state index contributed by atoms with van der Waals surface area (Å²) in [5, 5.41) is 16.7. The van der Waals surface area contributed by atoms with Crippen molar-refractivity contribution in [1.82, 2.24) is 4.98 Å². The van der Waals surface area contributed by atoms with Crippen molar-refractivity contribution in [3.05, 3.63) is 24.3 Å². The zero-order chi connectivity index (χ0) is 15.1. The van der Waals surface area contributed by atoms with Gasteiger partial charge in [-0.25, -0.2) is 0 Å². The number of carbonyl (C=O) groups excluding carboxylic acids is 1. The predicted octanol–water partition coefficient (Wildman–Crippen LogP) is 1.03. The van der Waals surface area contributed by atoms with E-state index in [1.807, 2.05) is 0 Å². The lowest BCUT2D eigenvalue weighted by Crippen LogP contribution is -2.30. The normalized spacial score (nSPS) is 11.6. The Kier molecular flexibility index (Phi) is 5.52. The Bertz CT molecular complexity index is 518. The summed E-state index contributed by atoms with van der Waals surface area (Å²) in [5.74, 6) is -4.54. The van der Waals surface area contributed by atoms with Gasteiger partial charge in [-0.1, -0.05) is 0 Å². The number of H-pyrrole nitrogens is 1. The van der Waals surface area contributed by atoms with Crippen LogP contribution < -0.4 is 5.73 Å². The van der Waals surface area contributed by atoms with Crippen LogP contribution in [-0.2, 0) is 14.4 Å². The minimum Gasteiger partial charge on any atom is -0.481 e. The van der Waals surface area contributed by atoms with E-state index in [1.54, 1.807) is 0 Å². The zero-order valence-electron chi connectivity index (χ0n) is 10.7. The molecule has 5 N–H and O–H groups in total. The van der Waals surface area contributed by atoms with Crippen LogP contribution in [-0.4, -0.2) is 33.0 Å². The molecule has 20 heavy (non-hydrogen) atoms. The second-order valence-electron chi connectivity index (χ2n) is 4.28. The van der Waals surface area contributed by atoms with Gasteiger partial charge in [-0.3, -0.25) is 14.4 Å². The van der Waals surface area contributed by atoms with Gasteiger partial charge in [0.2, 0.25) is 5.91 Å². The number of carboxylic acid groups (broad SMARTS) is 2. The first-order chi connectivity index (χ1) is 9.40. The summed E-state index contributed by atoms with van der Waals surface area (Å²) in [6.45, 7) is 0. The molecule has 2 aromatic heterocycles. The van der Waals surface area contributed by atoms with Crippen LogP contribution in [0.1, 0.15) is 19.3 Å². The van der Waals surface area contributed by atoms with Crippen molar-refractivity contribution in [3.63, 3.8) is 0 Å². The van der Waals surface area contributed by atoms with Crippen molar-refractivity contribution in [2.45, 2.75) is 19.3 Å². The molecule has 0 spiro atoms. The molecular weight excluding hydrogens is 264 g/mol. The van der Waals surface area contributed by atoms with E-state index >= 15 is 0 Å². The molecular formula is C13H16N2O5.